The van der Waals surface area contributed by atoms with Crippen LogP contribution in [0.25, 0.3) is 0 Å². The first-order chi connectivity index (χ1) is 13.0. The van der Waals surface area contributed by atoms with Gasteiger partial charge in [-0.3, -0.25) is 24.1 Å². The number of amides is 3. The maximum atomic E-state index is 12.8. The van der Waals surface area contributed by atoms with Crippen LogP contribution >= 0.6 is 0 Å². The highest BCUT2D eigenvalue weighted by Crippen LogP contribution is 2.31. The molecule has 2 aliphatic rings. The van der Waals surface area contributed by atoms with Gasteiger partial charge in [0.25, 0.3) is 17.7 Å². The van der Waals surface area contributed by atoms with Crippen molar-refractivity contribution < 1.29 is 24.3 Å². The first-order valence-corrected chi connectivity index (χ1v) is 9.51. The predicted octanol–water partition coefficient (Wildman–Crippen LogP) is 2.60. The van der Waals surface area contributed by atoms with Crippen LogP contribution in [0, 0.1) is 0 Å². The van der Waals surface area contributed by atoms with Gasteiger partial charge in [0.05, 0.1) is 11.1 Å². The number of nitrogens with zero attached hydrogens (tertiary/aromatic N) is 1. The monoisotopic (exact) mass is 372 g/mol. The number of rotatable bonds is 7. The van der Waals surface area contributed by atoms with E-state index in [1.54, 1.807) is 12.1 Å². The summed E-state index contributed by atoms with van der Waals surface area (Å²) in [6.45, 7) is 0.365. The highest BCUT2D eigenvalue weighted by atomic mass is 16.4. The topological polar surface area (TPSA) is 104 Å². The second kappa shape index (κ2) is 8.33. The third-order valence-corrected chi connectivity index (χ3v) is 5.22. The average Bonchev–Trinajstić information content (AvgIpc) is 2.92. The summed E-state index contributed by atoms with van der Waals surface area (Å²) in [4.78, 5) is 49.5. The summed E-state index contributed by atoms with van der Waals surface area (Å²) >= 11 is 0. The molecule has 1 aliphatic heterocycles. The van der Waals surface area contributed by atoms with Gasteiger partial charge in [0.2, 0.25) is 0 Å². The molecule has 3 amide bonds. The van der Waals surface area contributed by atoms with Crippen molar-refractivity contribution in [2.45, 2.75) is 57.4 Å². The van der Waals surface area contributed by atoms with Gasteiger partial charge in [0, 0.05) is 24.6 Å². The zero-order chi connectivity index (χ0) is 19.4. The van der Waals surface area contributed by atoms with Crippen LogP contribution in [0.3, 0.4) is 0 Å². The predicted molar refractivity (Wildman–Crippen MR) is 97.6 cm³/mol. The molecule has 1 aromatic rings. The van der Waals surface area contributed by atoms with Crippen molar-refractivity contribution >= 4 is 23.7 Å². The summed E-state index contributed by atoms with van der Waals surface area (Å²) in [6, 6.07) is 4.56. The summed E-state index contributed by atoms with van der Waals surface area (Å²) in [5, 5.41) is 11.3. The molecule has 1 aromatic carbocycles. The molecule has 0 saturated heterocycles. The Morgan fingerprint density at radius 3 is 2.44 bits per heavy atom. The first kappa shape index (κ1) is 19.1. The molecular weight excluding hydrogens is 348 g/mol. The number of aliphatic carboxylic acids is 1. The summed E-state index contributed by atoms with van der Waals surface area (Å²) in [5.41, 5.74) is 0.992. The molecule has 3 rings (SSSR count). The number of unbranched alkanes of at least 4 members (excludes halogenated alkanes) is 1. The molecule has 27 heavy (non-hydrogen) atoms. The van der Waals surface area contributed by atoms with E-state index in [9.17, 15) is 19.2 Å². The molecule has 1 aliphatic carbocycles. The fraction of sp³-hybridized carbons (Fsp3) is 0.500. The van der Waals surface area contributed by atoms with E-state index in [0.29, 0.717) is 36.1 Å². The second-order valence-electron chi connectivity index (χ2n) is 7.14. The van der Waals surface area contributed by atoms with E-state index in [1.807, 2.05) is 0 Å². The lowest BCUT2D eigenvalue weighted by molar-refractivity contribution is -0.137. The van der Waals surface area contributed by atoms with Gasteiger partial charge >= 0.3 is 5.97 Å². The molecule has 144 valence electrons. The smallest absolute Gasteiger partial charge is 0.303 e. The fourth-order valence-electron chi connectivity index (χ4n) is 3.78. The molecule has 1 fully saturated rings. The van der Waals surface area contributed by atoms with E-state index < -0.39 is 5.97 Å². The van der Waals surface area contributed by atoms with Crippen molar-refractivity contribution in [3.63, 3.8) is 0 Å². The minimum atomic E-state index is -0.856. The minimum Gasteiger partial charge on any atom is -0.481 e. The van der Waals surface area contributed by atoms with Gasteiger partial charge in [-0.15, -0.1) is 0 Å². The maximum absolute atomic E-state index is 12.8. The van der Waals surface area contributed by atoms with Crippen LogP contribution in [0.1, 0.15) is 82.4 Å². The molecule has 0 spiro atoms. The van der Waals surface area contributed by atoms with Gasteiger partial charge in [0.15, 0.2) is 0 Å². The zero-order valence-corrected chi connectivity index (χ0v) is 15.2. The van der Waals surface area contributed by atoms with Gasteiger partial charge in [-0.05, 0) is 43.9 Å². The summed E-state index contributed by atoms with van der Waals surface area (Å²) < 4.78 is 0. The molecule has 0 bridgehead atoms. The standard InChI is InChI=1S/C20H24N2O5/c23-17(24)8-4-5-11-21-18(25)13-9-10-15-16(12-13)20(27)22(19(15)26)14-6-2-1-3-7-14/h9-10,12,14H,1-8,11H2,(H,21,25)(H,23,24). The Hall–Kier alpha value is -2.70. The molecule has 2 N–H and O–H groups in total. The third-order valence-electron chi connectivity index (χ3n) is 5.22. The number of nitrogens with one attached hydrogen (secondary N) is 1. The highest BCUT2D eigenvalue weighted by Gasteiger charge is 2.40. The zero-order valence-electron chi connectivity index (χ0n) is 15.2. The quantitative estimate of drug-likeness (QED) is 0.566. The number of imide groups is 1. The number of carboxylic acids is 1. The van der Waals surface area contributed by atoms with E-state index >= 15 is 0 Å². The van der Waals surface area contributed by atoms with Gasteiger partial charge in [0.1, 0.15) is 0 Å². The number of carboxylic acid groups (broad SMARTS) is 1. The third kappa shape index (κ3) is 4.18. The molecule has 0 atom stereocenters. The molecule has 0 unspecified atom stereocenters. The van der Waals surface area contributed by atoms with Crippen LogP contribution in [0.2, 0.25) is 0 Å². The number of fused-ring (bicyclic) bond motifs is 1. The van der Waals surface area contributed by atoms with Crippen molar-refractivity contribution in [1.29, 1.82) is 0 Å². The molecule has 0 radical (unpaired) electrons. The highest BCUT2D eigenvalue weighted by molar-refractivity contribution is 6.22. The Kier molecular flexibility index (Phi) is 5.88. The van der Waals surface area contributed by atoms with Crippen LogP contribution in [-0.4, -0.2) is 46.3 Å². The van der Waals surface area contributed by atoms with E-state index in [1.165, 1.54) is 11.0 Å². The van der Waals surface area contributed by atoms with Gasteiger partial charge in [-0.25, -0.2) is 0 Å². The molecule has 7 nitrogen and oxygen atoms in total. The molecule has 1 saturated carbocycles. The van der Waals surface area contributed by atoms with E-state index in [4.69, 9.17) is 5.11 Å². The number of carbonyl (C=O) groups excluding carboxylic acids is 3. The minimum absolute atomic E-state index is 0.0438. The van der Waals surface area contributed by atoms with E-state index in [0.717, 1.165) is 32.1 Å². The first-order valence-electron chi connectivity index (χ1n) is 9.51. The van der Waals surface area contributed by atoms with Crippen molar-refractivity contribution in [3.05, 3.63) is 34.9 Å². The average molecular weight is 372 g/mol. The van der Waals surface area contributed by atoms with Crippen LogP contribution in [0.4, 0.5) is 0 Å². The normalized spacial score (nSPS) is 17.1. The number of hydrogen-bond donors (Lipinski definition) is 2. The molecule has 0 aromatic heterocycles. The molecule has 7 heteroatoms. The molecular formula is C20H24N2O5. The van der Waals surface area contributed by atoms with Gasteiger partial charge in [-0.2, -0.15) is 0 Å². The Balaban J connectivity index is 1.64. The molecule has 1 heterocycles. The number of benzene rings is 1. The van der Waals surface area contributed by atoms with Crippen LogP contribution < -0.4 is 5.32 Å². The number of hydrogen-bond acceptors (Lipinski definition) is 4. The lowest BCUT2D eigenvalue weighted by Gasteiger charge is -2.29. The Bertz CT molecular complexity index is 768. The summed E-state index contributed by atoms with van der Waals surface area (Å²) in [5.74, 6) is -1.75. The Morgan fingerprint density at radius 1 is 1.04 bits per heavy atom. The lowest BCUT2D eigenvalue weighted by atomic mass is 9.94. The van der Waals surface area contributed by atoms with Crippen molar-refractivity contribution in [2.24, 2.45) is 0 Å². The van der Waals surface area contributed by atoms with Gasteiger partial charge < -0.3 is 10.4 Å². The SMILES string of the molecule is O=C(O)CCCCNC(=O)c1ccc2c(c1)C(=O)N(C1CCCCC1)C2=O. The fourth-order valence-corrected chi connectivity index (χ4v) is 3.78. The second-order valence-corrected chi connectivity index (χ2v) is 7.14. The van der Waals surface area contributed by atoms with Crippen molar-refractivity contribution in [1.82, 2.24) is 10.2 Å². The Morgan fingerprint density at radius 2 is 1.74 bits per heavy atom. The van der Waals surface area contributed by atoms with Crippen LogP contribution in [0.5, 0.6) is 0 Å². The summed E-state index contributed by atoms with van der Waals surface area (Å²) in [6.07, 6.45) is 5.99. The maximum Gasteiger partial charge on any atom is 0.303 e. The van der Waals surface area contributed by atoms with Crippen LogP contribution in [-0.2, 0) is 4.79 Å². The van der Waals surface area contributed by atoms with Gasteiger partial charge in [-0.1, -0.05) is 19.3 Å². The van der Waals surface area contributed by atoms with Crippen molar-refractivity contribution in [2.75, 3.05) is 6.54 Å². The lowest BCUT2D eigenvalue weighted by Crippen LogP contribution is -2.40. The largest absolute Gasteiger partial charge is 0.481 e. The van der Waals surface area contributed by atoms with E-state index in [2.05, 4.69) is 5.32 Å². The Labute approximate surface area is 157 Å². The summed E-state index contributed by atoms with van der Waals surface area (Å²) in [7, 11) is 0. The van der Waals surface area contributed by atoms with Crippen molar-refractivity contribution in [3.8, 4) is 0 Å². The van der Waals surface area contributed by atoms with E-state index in [-0.39, 0.29) is 30.2 Å². The number of carbonyl (C=O) groups is 4. The van der Waals surface area contributed by atoms with Crippen LogP contribution in [0.15, 0.2) is 18.2 Å².